The van der Waals surface area contributed by atoms with Gasteiger partial charge in [0.15, 0.2) is 0 Å². The van der Waals surface area contributed by atoms with Crippen LogP contribution in [0.3, 0.4) is 0 Å². The minimum Gasteiger partial charge on any atom is -0.344 e. The molecule has 0 aliphatic carbocycles. The number of aromatic amines is 1. The van der Waals surface area contributed by atoms with Crippen LogP contribution in [0.25, 0.3) is 10.9 Å². The third kappa shape index (κ3) is 3.85. The molecule has 0 saturated carbocycles. The van der Waals surface area contributed by atoms with E-state index in [0.717, 1.165) is 10.1 Å². The maximum Gasteiger partial charge on any atom is 0.329 e. The number of hydrogen-bond acceptors (Lipinski definition) is 3. The van der Waals surface area contributed by atoms with Crippen LogP contribution in [0, 0.1) is 11.8 Å². The van der Waals surface area contributed by atoms with Gasteiger partial charge in [-0.05, 0) is 24.3 Å². The molecule has 3 rings (SSSR count). The minimum atomic E-state index is -0.616. The molecular formula is C19H15N3O3. The van der Waals surface area contributed by atoms with Gasteiger partial charge in [0.05, 0.1) is 17.4 Å². The van der Waals surface area contributed by atoms with Gasteiger partial charge in [0.1, 0.15) is 6.54 Å². The molecule has 25 heavy (non-hydrogen) atoms. The molecule has 124 valence electrons. The molecular weight excluding hydrogens is 318 g/mol. The summed E-state index contributed by atoms with van der Waals surface area (Å²) in [4.78, 5) is 38.9. The first-order chi connectivity index (χ1) is 12.1. The molecule has 6 nitrogen and oxygen atoms in total. The summed E-state index contributed by atoms with van der Waals surface area (Å²) < 4.78 is 0.877. The number of nitrogens with zero attached hydrogens (tertiary/aromatic N) is 1. The largest absolute Gasteiger partial charge is 0.344 e. The SMILES string of the molecule is O=C(Cn1c(=O)[nH]c2ccccc2c1=O)NCC#Cc1ccccc1. The van der Waals surface area contributed by atoms with Crippen LogP contribution >= 0.6 is 0 Å². The molecule has 3 aromatic rings. The fraction of sp³-hybridized carbons (Fsp3) is 0.105. The van der Waals surface area contributed by atoms with Crippen LogP contribution < -0.4 is 16.6 Å². The Morgan fingerprint density at radius 1 is 1.04 bits per heavy atom. The number of carbonyl (C=O) groups is 1. The number of hydrogen-bond donors (Lipinski definition) is 2. The van der Waals surface area contributed by atoms with Crippen LogP contribution in [0.4, 0.5) is 0 Å². The molecule has 6 heteroatoms. The highest BCUT2D eigenvalue weighted by Crippen LogP contribution is 2.02. The summed E-state index contributed by atoms with van der Waals surface area (Å²) in [6, 6.07) is 16.0. The first-order valence-electron chi connectivity index (χ1n) is 7.67. The molecule has 0 saturated heterocycles. The average molecular weight is 333 g/mol. The summed E-state index contributed by atoms with van der Waals surface area (Å²) in [5.74, 6) is 5.28. The van der Waals surface area contributed by atoms with Gasteiger partial charge in [-0.1, -0.05) is 42.2 Å². The monoisotopic (exact) mass is 333 g/mol. The van der Waals surface area contributed by atoms with Crippen molar-refractivity contribution in [1.29, 1.82) is 0 Å². The van der Waals surface area contributed by atoms with Crippen LogP contribution in [0.2, 0.25) is 0 Å². The number of nitrogens with one attached hydrogen (secondary N) is 2. The van der Waals surface area contributed by atoms with Gasteiger partial charge in [0.25, 0.3) is 5.56 Å². The molecule has 1 aromatic heterocycles. The van der Waals surface area contributed by atoms with Gasteiger partial charge in [-0.15, -0.1) is 0 Å². The fourth-order valence-electron chi connectivity index (χ4n) is 2.35. The molecule has 0 aliphatic heterocycles. The van der Waals surface area contributed by atoms with E-state index in [2.05, 4.69) is 22.1 Å². The zero-order valence-electron chi connectivity index (χ0n) is 13.3. The Bertz CT molecular complexity index is 1090. The van der Waals surface area contributed by atoms with E-state index in [4.69, 9.17) is 0 Å². The molecule has 0 spiro atoms. The quantitative estimate of drug-likeness (QED) is 0.697. The minimum absolute atomic E-state index is 0.133. The van der Waals surface area contributed by atoms with Crippen molar-refractivity contribution in [3.63, 3.8) is 0 Å². The maximum absolute atomic E-state index is 12.3. The number of carbonyl (C=O) groups excluding carboxylic acids is 1. The van der Waals surface area contributed by atoms with Crippen LogP contribution in [0.1, 0.15) is 5.56 Å². The van der Waals surface area contributed by atoms with E-state index < -0.39 is 17.2 Å². The highest BCUT2D eigenvalue weighted by molar-refractivity contribution is 5.78. The summed E-state index contributed by atoms with van der Waals surface area (Å²) in [5, 5.41) is 2.94. The Morgan fingerprint density at radius 3 is 2.56 bits per heavy atom. The maximum atomic E-state index is 12.3. The van der Waals surface area contributed by atoms with E-state index in [0.29, 0.717) is 10.9 Å². The normalized spacial score (nSPS) is 10.1. The van der Waals surface area contributed by atoms with E-state index in [1.54, 1.807) is 24.3 Å². The van der Waals surface area contributed by atoms with E-state index in [9.17, 15) is 14.4 Å². The van der Waals surface area contributed by atoms with E-state index >= 15 is 0 Å². The molecule has 1 amide bonds. The van der Waals surface area contributed by atoms with Gasteiger partial charge >= 0.3 is 5.69 Å². The molecule has 0 fully saturated rings. The van der Waals surface area contributed by atoms with Gasteiger partial charge in [0, 0.05) is 5.56 Å². The summed E-state index contributed by atoms with van der Waals surface area (Å²) in [7, 11) is 0. The van der Waals surface area contributed by atoms with Crippen LogP contribution in [-0.4, -0.2) is 22.0 Å². The molecule has 0 atom stereocenters. The average Bonchev–Trinajstić information content (AvgIpc) is 2.63. The lowest BCUT2D eigenvalue weighted by atomic mass is 10.2. The highest BCUT2D eigenvalue weighted by Gasteiger charge is 2.10. The third-order valence-corrected chi connectivity index (χ3v) is 3.57. The zero-order chi connectivity index (χ0) is 17.6. The number of amides is 1. The molecule has 0 radical (unpaired) electrons. The molecule has 1 heterocycles. The standard InChI is InChI=1S/C19H15N3O3/c23-17(20-12-6-9-14-7-2-1-3-8-14)13-22-18(24)15-10-4-5-11-16(15)21-19(22)25/h1-5,7-8,10-11H,12-13H2,(H,20,23)(H,21,25). The Labute approximate surface area is 143 Å². The topological polar surface area (TPSA) is 84.0 Å². The smallest absolute Gasteiger partial charge is 0.329 e. The predicted molar refractivity (Wildman–Crippen MR) is 95.2 cm³/mol. The van der Waals surface area contributed by atoms with E-state index in [1.165, 1.54) is 0 Å². The van der Waals surface area contributed by atoms with Crippen LogP contribution in [0.15, 0.2) is 64.2 Å². The van der Waals surface area contributed by atoms with Crippen molar-refractivity contribution in [2.45, 2.75) is 6.54 Å². The Kier molecular flexibility index (Phi) is 4.77. The lowest BCUT2D eigenvalue weighted by Gasteiger charge is -2.06. The van der Waals surface area contributed by atoms with Crippen molar-refractivity contribution in [1.82, 2.24) is 14.9 Å². The summed E-state index contributed by atoms with van der Waals surface area (Å²) in [5.41, 5.74) is 0.181. The second-order valence-electron chi connectivity index (χ2n) is 5.31. The number of H-pyrrole nitrogens is 1. The molecule has 0 bridgehead atoms. The Hall–Kier alpha value is -3.59. The van der Waals surface area contributed by atoms with E-state index in [-0.39, 0.29) is 13.1 Å². The van der Waals surface area contributed by atoms with Crippen molar-refractivity contribution in [2.75, 3.05) is 6.54 Å². The fourth-order valence-corrected chi connectivity index (χ4v) is 2.35. The van der Waals surface area contributed by atoms with Gasteiger partial charge in [-0.2, -0.15) is 0 Å². The van der Waals surface area contributed by atoms with E-state index in [1.807, 2.05) is 30.3 Å². The Morgan fingerprint density at radius 2 is 1.76 bits per heavy atom. The van der Waals surface area contributed by atoms with Crippen LogP contribution in [-0.2, 0) is 11.3 Å². The van der Waals surface area contributed by atoms with Gasteiger partial charge in [0.2, 0.25) is 5.91 Å². The van der Waals surface area contributed by atoms with Crippen LogP contribution in [0.5, 0.6) is 0 Å². The number of benzene rings is 2. The Balaban J connectivity index is 1.70. The number of para-hydroxylation sites is 1. The highest BCUT2D eigenvalue weighted by atomic mass is 16.2. The number of rotatable bonds is 3. The third-order valence-electron chi connectivity index (χ3n) is 3.57. The summed E-state index contributed by atoms with van der Waals surface area (Å²) in [6.45, 7) is -0.222. The first kappa shape index (κ1) is 16.3. The second-order valence-corrected chi connectivity index (χ2v) is 5.31. The number of aromatic nitrogens is 2. The van der Waals surface area contributed by atoms with Gasteiger partial charge < -0.3 is 10.3 Å². The summed E-state index contributed by atoms with van der Waals surface area (Å²) >= 11 is 0. The lowest BCUT2D eigenvalue weighted by Crippen LogP contribution is -2.40. The summed E-state index contributed by atoms with van der Waals surface area (Å²) in [6.07, 6.45) is 0. The molecule has 0 aliphatic rings. The number of fused-ring (bicyclic) bond motifs is 1. The lowest BCUT2D eigenvalue weighted by molar-refractivity contribution is -0.121. The predicted octanol–water partition coefficient (Wildman–Crippen LogP) is 0.858. The van der Waals surface area contributed by atoms with Gasteiger partial charge in [-0.3, -0.25) is 14.2 Å². The van der Waals surface area contributed by atoms with Crippen molar-refractivity contribution < 1.29 is 4.79 Å². The first-order valence-corrected chi connectivity index (χ1v) is 7.67. The van der Waals surface area contributed by atoms with Gasteiger partial charge in [-0.25, -0.2) is 4.79 Å². The second kappa shape index (κ2) is 7.32. The molecule has 2 N–H and O–H groups in total. The van der Waals surface area contributed by atoms with Crippen molar-refractivity contribution >= 4 is 16.8 Å². The molecule has 0 unspecified atom stereocenters. The molecule has 2 aromatic carbocycles. The van der Waals surface area contributed by atoms with Crippen molar-refractivity contribution in [2.24, 2.45) is 0 Å². The van der Waals surface area contributed by atoms with Crippen molar-refractivity contribution in [3.8, 4) is 11.8 Å². The van der Waals surface area contributed by atoms with Crippen molar-refractivity contribution in [3.05, 3.63) is 81.0 Å². The zero-order valence-corrected chi connectivity index (χ0v) is 13.3.